The number of hydrogen-bond acceptors (Lipinski definition) is 3. The number of hydrazine groups is 1. The van der Waals surface area contributed by atoms with Gasteiger partial charge in [0.15, 0.2) is 5.78 Å². The van der Waals surface area contributed by atoms with Gasteiger partial charge in [-0.3, -0.25) is 9.59 Å². The molecule has 0 aliphatic heterocycles. The molecule has 9 heteroatoms. The molecule has 0 radical (unpaired) electrons. The van der Waals surface area contributed by atoms with E-state index >= 15 is 0 Å². The molecule has 0 heterocycles. The first-order valence-corrected chi connectivity index (χ1v) is 9.47. The molecule has 146 valence electrons. The third-order valence-electron chi connectivity index (χ3n) is 3.68. The van der Waals surface area contributed by atoms with Crippen LogP contribution in [0.4, 0.5) is 0 Å². The minimum atomic E-state index is -0.920. The van der Waals surface area contributed by atoms with Gasteiger partial charge >= 0.3 is 0 Å². The zero-order valence-corrected chi connectivity index (χ0v) is 19.1. The van der Waals surface area contributed by atoms with Crippen molar-refractivity contribution in [1.82, 2.24) is 9.06 Å². The van der Waals surface area contributed by atoms with Crippen LogP contribution in [0.2, 0.25) is 5.02 Å². The number of nitrogens with zero attached hydrogens (tertiary/aromatic N) is 2. The molecular weight excluding hydrogens is 498 g/mol. The van der Waals surface area contributed by atoms with E-state index in [-0.39, 0.29) is 24.6 Å². The number of ketones is 1. The van der Waals surface area contributed by atoms with Crippen LogP contribution < -0.4 is 0 Å². The van der Waals surface area contributed by atoms with Gasteiger partial charge in [-0.1, -0.05) is 23.7 Å². The lowest BCUT2D eigenvalue weighted by molar-refractivity contribution is 0.0373. The van der Waals surface area contributed by atoms with Crippen LogP contribution >= 0.6 is 63.5 Å². The number of carbonyl (C=O) groups is 2. The Morgan fingerprint density at radius 3 is 2.15 bits per heavy atom. The molecule has 2 rings (SSSR count). The Morgan fingerprint density at radius 1 is 1.04 bits per heavy atom. The zero-order chi connectivity index (χ0) is 19.5. The molecule has 2 aromatic carbocycles. The molecule has 1 amide bonds. The van der Waals surface area contributed by atoms with Crippen LogP contribution in [0.3, 0.4) is 0 Å². The highest BCUT2D eigenvalue weighted by atomic mass is 79.9. The van der Waals surface area contributed by atoms with Crippen LogP contribution in [0.5, 0.6) is 0 Å². The van der Waals surface area contributed by atoms with Crippen LogP contribution in [-0.2, 0) is 0 Å². The average Bonchev–Trinajstić information content (AvgIpc) is 2.60. The monoisotopic (exact) mass is 512 g/mol. The highest BCUT2D eigenvalue weighted by Crippen LogP contribution is 2.29. The first-order chi connectivity index (χ1) is 12.1. The van der Waals surface area contributed by atoms with Gasteiger partial charge in [0, 0.05) is 45.0 Å². The summed E-state index contributed by atoms with van der Waals surface area (Å²) in [5.41, 5.74) is -0.0597. The van der Waals surface area contributed by atoms with E-state index in [9.17, 15) is 9.59 Å². The van der Waals surface area contributed by atoms with Gasteiger partial charge in [0.1, 0.15) is 0 Å². The Hall–Kier alpha value is -0.820. The summed E-state index contributed by atoms with van der Waals surface area (Å²) in [7, 11) is 0. The summed E-state index contributed by atoms with van der Waals surface area (Å²) in [6, 6.07) is 13.4. The molecule has 0 bridgehead atoms. The Kier molecular flexibility index (Phi) is 9.06. The fourth-order valence-electron chi connectivity index (χ4n) is 2.25. The van der Waals surface area contributed by atoms with Crippen molar-refractivity contribution in [2.24, 2.45) is 0 Å². The van der Waals surface area contributed by atoms with Crippen molar-refractivity contribution in [2.75, 3.05) is 0 Å². The van der Waals surface area contributed by atoms with Crippen LogP contribution in [0.25, 0.3) is 0 Å². The molecule has 0 saturated heterocycles. The summed E-state index contributed by atoms with van der Waals surface area (Å²) in [5, 5.41) is 0.547. The number of amides is 1. The van der Waals surface area contributed by atoms with Gasteiger partial charge in [-0.25, -0.2) is 0 Å². The maximum absolute atomic E-state index is 12.6. The molecule has 4 nitrogen and oxygen atoms in total. The highest BCUT2D eigenvalue weighted by molar-refractivity contribution is 9.10. The second-order valence-electron chi connectivity index (χ2n) is 6.22. The summed E-state index contributed by atoms with van der Waals surface area (Å²) in [4.78, 5) is 25.1. The number of benzene rings is 2. The fraction of sp³-hybridized carbons (Fsp3) is 0.222. The quantitative estimate of drug-likeness (QED) is 0.249. The summed E-state index contributed by atoms with van der Waals surface area (Å²) in [5.74, 6) is -0.656. The molecule has 0 aromatic heterocycles. The van der Waals surface area contributed by atoms with Crippen LogP contribution in [-0.4, -0.2) is 26.3 Å². The third-order valence-corrected chi connectivity index (χ3v) is 5.62. The largest absolute Gasteiger partial charge is 0.294 e. The molecule has 0 spiro atoms. The minimum Gasteiger partial charge on any atom is -0.294 e. The van der Waals surface area contributed by atoms with Crippen LogP contribution in [0, 0.1) is 0 Å². The lowest BCUT2D eigenvalue weighted by atomic mass is 9.95. The average molecular weight is 515 g/mol. The van der Waals surface area contributed by atoms with E-state index in [1.54, 1.807) is 62.4 Å². The fourth-order valence-corrected chi connectivity index (χ4v) is 3.25. The maximum atomic E-state index is 12.6. The standard InChI is InChI=1S/C18H16BrCl3N2O2.ClH/c1-18(2,11-16(25)12-7-9-13(20)10-8-12)24(22)23(21)17(26)14-5-3-4-6-15(14)19;/h3-10H,11H2,1-2H3;1H. The zero-order valence-electron chi connectivity index (χ0n) is 14.5. The van der Waals surface area contributed by atoms with Gasteiger partial charge in [-0.05, 0) is 66.2 Å². The molecular formula is C18H17BrCl4N2O2. The predicted molar refractivity (Wildman–Crippen MR) is 116 cm³/mol. The van der Waals surface area contributed by atoms with Crippen molar-refractivity contribution in [3.05, 3.63) is 69.2 Å². The molecule has 2 aromatic rings. The van der Waals surface area contributed by atoms with Gasteiger partial charge in [0.05, 0.1) is 11.1 Å². The smallest absolute Gasteiger partial charge is 0.285 e. The van der Waals surface area contributed by atoms with Crippen molar-refractivity contribution >= 4 is 75.2 Å². The Balaban J connectivity index is 0.00000364. The van der Waals surface area contributed by atoms with Gasteiger partial charge in [-0.15, -0.1) is 16.9 Å². The van der Waals surface area contributed by atoms with E-state index in [0.29, 0.717) is 20.6 Å². The first-order valence-electron chi connectivity index (χ1n) is 7.63. The normalized spacial score (nSPS) is 11.1. The lowest BCUT2D eigenvalue weighted by Crippen LogP contribution is -2.48. The predicted octanol–water partition coefficient (Wildman–Crippen LogP) is 6.54. The van der Waals surface area contributed by atoms with Gasteiger partial charge in [0.2, 0.25) is 0 Å². The SMILES string of the molecule is CC(C)(CC(=O)c1ccc(Cl)cc1)N(Cl)N(Cl)C(=O)c1ccccc1Br.Cl. The molecule has 0 aliphatic rings. The Morgan fingerprint density at radius 2 is 1.59 bits per heavy atom. The molecule has 0 saturated carbocycles. The Labute approximate surface area is 188 Å². The molecule has 0 fully saturated rings. The topological polar surface area (TPSA) is 40.6 Å². The molecule has 0 N–H and O–H groups in total. The summed E-state index contributed by atoms with van der Waals surface area (Å²) >= 11 is 21.6. The summed E-state index contributed by atoms with van der Waals surface area (Å²) < 4.78 is 2.40. The third kappa shape index (κ3) is 6.08. The lowest BCUT2D eigenvalue weighted by Gasteiger charge is -2.36. The first kappa shape index (κ1) is 24.2. The van der Waals surface area contributed by atoms with Crippen LogP contribution in [0.15, 0.2) is 53.0 Å². The van der Waals surface area contributed by atoms with E-state index in [2.05, 4.69) is 15.9 Å². The number of rotatable bonds is 6. The van der Waals surface area contributed by atoms with Crippen LogP contribution in [0.1, 0.15) is 41.0 Å². The van der Waals surface area contributed by atoms with E-state index in [1.807, 2.05) is 0 Å². The Bertz CT molecular complexity index is 815. The van der Waals surface area contributed by atoms with Crippen molar-refractivity contribution in [3.63, 3.8) is 0 Å². The van der Waals surface area contributed by atoms with E-state index < -0.39 is 11.4 Å². The van der Waals surface area contributed by atoms with Crippen molar-refractivity contribution < 1.29 is 9.59 Å². The number of halogens is 5. The van der Waals surface area contributed by atoms with Gasteiger partial charge < -0.3 is 0 Å². The maximum Gasteiger partial charge on any atom is 0.285 e. The minimum absolute atomic E-state index is 0. The summed E-state index contributed by atoms with van der Waals surface area (Å²) in [6.07, 6.45) is 0.0462. The number of carbonyl (C=O) groups excluding carboxylic acids is 2. The number of hydrogen-bond donors (Lipinski definition) is 0. The molecule has 0 aliphatic carbocycles. The van der Waals surface area contributed by atoms with E-state index in [1.165, 1.54) is 0 Å². The van der Waals surface area contributed by atoms with Crippen molar-refractivity contribution in [2.45, 2.75) is 25.8 Å². The van der Waals surface area contributed by atoms with E-state index in [0.717, 1.165) is 9.06 Å². The summed E-state index contributed by atoms with van der Waals surface area (Å²) in [6.45, 7) is 3.44. The van der Waals surface area contributed by atoms with Gasteiger partial charge in [0.25, 0.3) is 5.91 Å². The second-order valence-corrected chi connectivity index (χ2v) is 8.16. The molecule has 0 unspecified atom stereocenters. The molecule has 0 atom stereocenters. The highest BCUT2D eigenvalue weighted by Gasteiger charge is 2.36. The second kappa shape index (κ2) is 10.1. The molecule has 27 heavy (non-hydrogen) atoms. The van der Waals surface area contributed by atoms with E-state index in [4.69, 9.17) is 35.2 Å². The van der Waals surface area contributed by atoms with Crippen molar-refractivity contribution in [3.8, 4) is 0 Å². The van der Waals surface area contributed by atoms with Gasteiger partial charge in [-0.2, -0.15) is 4.53 Å². The van der Waals surface area contributed by atoms with Crippen molar-refractivity contribution in [1.29, 1.82) is 0 Å². The number of Topliss-reactive ketones (excluding diaryl/α,β-unsaturated/α-hetero) is 1.